The molecule has 2 heterocycles. The van der Waals surface area contributed by atoms with E-state index in [-0.39, 0.29) is 11.7 Å². The molecule has 0 saturated heterocycles. The van der Waals surface area contributed by atoms with E-state index in [1.165, 1.54) is 23.5 Å². The molecule has 136 valence electrons. The van der Waals surface area contributed by atoms with Gasteiger partial charge in [0, 0.05) is 29.2 Å². The lowest BCUT2D eigenvalue weighted by molar-refractivity contribution is 0.0958. The van der Waals surface area contributed by atoms with E-state index in [1.54, 1.807) is 6.07 Å². The first kappa shape index (κ1) is 17.4. The number of nitrogens with zero attached hydrogens (tertiary/aromatic N) is 1. The highest BCUT2D eigenvalue weighted by atomic mass is 32.1. The summed E-state index contributed by atoms with van der Waals surface area (Å²) in [6.07, 6.45) is 2.48. The maximum absolute atomic E-state index is 13.5. The zero-order chi connectivity index (χ0) is 18.8. The van der Waals surface area contributed by atoms with E-state index in [1.807, 2.05) is 43.5 Å². The summed E-state index contributed by atoms with van der Waals surface area (Å²) < 4.78 is 13.5. The number of thiazole rings is 1. The number of fused-ring (bicyclic) bond motifs is 1. The van der Waals surface area contributed by atoms with Gasteiger partial charge in [-0.3, -0.25) is 4.79 Å². The van der Waals surface area contributed by atoms with Crippen LogP contribution in [0.4, 0.5) is 4.39 Å². The van der Waals surface area contributed by atoms with Crippen LogP contribution >= 0.6 is 11.3 Å². The molecule has 0 unspecified atom stereocenters. The third-order valence-corrected chi connectivity index (χ3v) is 5.37. The lowest BCUT2D eigenvalue weighted by Crippen LogP contribution is -2.25. The molecule has 0 aliphatic carbocycles. The number of aromatic nitrogens is 2. The van der Waals surface area contributed by atoms with Crippen LogP contribution in [0.2, 0.25) is 0 Å². The third-order valence-electron chi connectivity index (χ3n) is 4.40. The van der Waals surface area contributed by atoms with Crippen molar-refractivity contribution in [3.8, 4) is 11.3 Å². The van der Waals surface area contributed by atoms with Gasteiger partial charge in [0.25, 0.3) is 5.91 Å². The van der Waals surface area contributed by atoms with E-state index in [9.17, 15) is 9.18 Å². The molecule has 4 nitrogen and oxygen atoms in total. The van der Waals surface area contributed by atoms with Crippen molar-refractivity contribution >= 4 is 28.1 Å². The Morgan fingerprint density at radius 1 is 1.22 bits per heavy atom. The lowest BCUT2D eigenvalue weighted by Gasteiger charge is -2.05. The molecule has 0 radical (unpaired) electrons. The molecule has 0 spiro atoms. The van der Waals surface area contributed by atoms with E-state index in [0.29, 0.717) is 23.5 Å². The van der Waals surface area contributed by atoms with Gasteiger partial charge in [0.1, 0.15) is 10.7 Å². The van der Waals surface area contributed by atoms with E-state index >= 15 is 0 Å². The van der Waals surface area contributed by atoms with E-state index in [0.717, 1.165) is 27.0 Å². The van der Waals surface area contributed by atoms with Crippen molar-refractivity contribution in [2.45, 2.75) is 13.3 Å². The zero-order valence-corrected chi connectivity index (χ0v) is 15.6. The molecule has 0 aliphatic rings. The summed E-state index contributed by atoms with van der Waals surface area (Å²) in [5.41, 5.74) is 3.51. The third kappa shape index (κ3) is 3.61. The van der Waals surface area contributed by atoms with Crippen LogP contribution in [0.3, 0.4) is 0 Å². The largest absolute Gasteiger partial charge is 0.361 e. The summed E-state index contributed by atoms with van der Waals surface area (Å²) in [7, 11) is 0. The van der Waals surface area contributed by atoms with Crippen LogP contribution in [0.1, 0.15) is 20.2 Å². The van der Waals surface area contributed by atoms with E-state index in [4.69, 9.17) is 0 Å². The summed E-state index contributed by atoms with van der Waals surface area (Å²) in [5, 5.41) is 4.67. The minimum absolute atomic E-state index is 0.134. The molecule has 0 atom stereocenters. The molecule has 4 aromatic rings. The second-order valence-corrected chi connectivity index (χ2v) is 7.49. The van der Waals surface area contributed by atoms with Gasteiger partial charge in [0.2, 0.25) is 0 Å². The Morgan fingerprint density at radius 3 is 2.85 bits per heavy atom. The summed E-state index contributed by atoms with van der Waals surface area (Å²) in [6.45, 7) is 2.36. The first-order valence-corrected chi connectivity index (χ1v) is 9.50. The average molecular weight is 379 g/mol. The Morgan fingerprint density at radius 2 is 2.04 bits per heavy atom. The van der Waals surface area contributed by atoms with Gasteiger partial charge in [-0.1, -0.05) is 30.3 Å². The number of nitrogens with one attached hydrogen (secondary N) is 2. The van der Waals surface area contributed by atoms with Gasteiger partial charge < -0.3 is 10.3 Å². The molecule has 0 fully saturated rings. The van der Waals surface area contributed by atoms with Crippen molar-refractivity contribution in [1.82, 2.24) is 15.3 Å². The molecule has 2 aromatic heterocycles. The minimum atomic E-state index is -0.264. The number of carbonyl (C=O) groups is 1. The van der Waals surface area contributed by atoms with Crippen molar-refractivity contribution in [3.05, 3.63) is 76.0 Å². The number of rotatable bonds is 5. The summed E-state index contributed by atoms with van der Waals surface area (Å²) in [5.74, 6) is -0.398. The van der Waals surface area contributed by atoms with Crippen molar-refractivity contribution in [1.29, 1.82) is 0 Å². The van der Waals surface area contributed by atoms with Crippen LogP contribution in [0.25, 0.3) is 22.2 Å². The highest BCUT2D eigenvalue weighted by molar-refractivity contribution is 7.14. The smallest absolute Gasteiger partial charge is 0.263 e. The molecule has 0 saturated carbocycles. The van der Waals surface area contributed by atoms with Crippen LogP contribution in [0, 0.1) is 12.7 Å². The number of aryl methyl sites for hydroxylation is 1. The molecule has 0 bridgehead atoms. The summed E-state index contributed by atoms with van der Waals surface area (Å²) in [4.78, 5) is 21.0. The number of benzene rings is 2. The molecule has 2 N–H and O–H groups in total. The maximum Gasteiger partial charge on any atom is 0.263 e. The first-order chi connectivity index (χ1) is 13.1. The van der Waals surface area contributed by atoms with Crippen LogP contribution in [0.15, 0.2) is 54.7 Å². The average Bonchev–Trinajstić information content (AvgIpc) is 3.26. The Kier molecular flexibility index (Phi) is 4.73. The molecule has 0 aliphatic heterocycles. The van der Waals surface area contributed by atoms with Crippen molar-refractivity contribution < 1.29 is 9.18 Å². The highest BCUT2D eigenvalue weighted by Crippen LogP contribution is 2.28. The molecule has 6 heteroatoms. The molecule has 27 heavy (non-hydrogen) atoms. The Labute approximate surface area is 160 Å². The standard InChI is InChI=1S/C21H18FN3OS/c1-13-25-19(14-5-3-2-4-6-14)20(27-13)21(26)23-10-9-15-12-24-18-8-7-16(22)11-17(15)18/h2-8,11-12,24H,9-10H2,1H3,(H,23,26). The highest BCUT2D eigenvalue weighted by Gasteiger charge is 2.18. The Bertz CT molecular complexity index is 1100. The zero-order valence-electron chi connectivity index (χ0n) is 14.8. The normalized spacial score (nSPS) is 11.0. The van der Waals surface area contributed by atoms with Crippen molar-refractivity contribution in [2.75, 3.05) is 6.54 Å². The lowest BCUT2D eigenvalue weighted by atomic mass is 10.1. The van der Waals surface area contributed by atoms with Gasteiger partial charge in [-0.2, -0.15) is 0 Å². The van der Waals surface area contributed by atoms with Crippen LogP contribution < -0.4 is 5.32 Å². The van der Waals surface area contributed by atoms with Crippen molar-refractivity contribution in [2.24, 2.45) is 0 Å². The van der Waals surface area contributed by atoms with Crippen LogP contribution in [-0.2, 0) is 6.42 Å². The van der Waals surface area contributed by atoms with Gasteiger partial charge >= 0.3 is 0 Å². The maximum atomic E-state index is 13.5. The van der Waals surface area contributed by atoms with Gasteiger partial charge in [-0.15, -0.1) is 11.3 Å². The molecule has 2 aromatic carbocycles. The summed E-state index contributed by atoms with van der Waals surface area (Å²) >= 11 is 1.39. The predicted octanol–water partition coefficient (Wildman–Crippen LogP) is 4.71. The monoisotopic (exact) mass is 379 g/mol. The number of aromatic amines is 1. The Balaban J connectivity index is 1.48. The SMILES string of the molecule is Cc1nc(-c2ccccc2)c(C(=O)NCCc2c[nH]c3ccc(F)cc23)s1. The molecular weight excluding hydrogens is 361 g/mol. The number of hydrogen-bond donors (Lipinski definition) is 2. The second kappa shape index (κ2) is 7.32. The fourth-order valence-electron chi connectivity index (χ4n) is 3.12. The van der Waals surface area contributed by atoms with Crippen LogP contribution in [-0.4, -0.2) is 22.4 Å². The number of H-pyrrole nitrogens is 1. The topological polar surface area (TPSA) is 57.8 Å². The minimum Gasteiger partial charge on any atom is -0.361 e. The number of carbonyl (C=O) groups excluding carboxylic acids is 1. The van der Waals surface area contributed by atoms with E-state index < -0.39 is 0 Å². The predicted molar refractivity (Wildman–Crippen MR) is 107 cm³/mol. The van der Waals surface area contributed by atoms with E-state index in [2.05, 4.69) is 15.3 Å². The second-order valence-electron chi connectivity index (χ2n) is 6.29. The molecular formula is C21H18FN3OS. The molecule has 1 amide bonds. The van der Waals surface area contributed by atoms with Crippen molar-refractivity contribution in [3.63, 3.8) is 0 Å². The van der Waals surface area contributed by atoms with Crippen LogP contribution in [0.5, 0.6) is 0 Å². The number of halogens is 1. The van der Waals surface area contributed by atoms with Gasteiger partial charge in [-0.25, -0.2) is 9.37 Å². The number of hydrogen-bond acceptors (Lipinski definition) is 3. The summed E-state index contributed by atoms with van der Waals surface area (Å²) in [6, 6.07) is 14.4. The quantitative estimate of drug-likeness (QED) is 0.527. The Hall–Kier alpha value is -2.99. The van der Waals surface area contributed by atoms with Gasteiger partial charge in [0.05, 0.1) is 10.7 Å². The first-order valence-electron chi connectivity index (χ1n) is 8.68. The van der Waals surface area contributed by atoms with Gasteiger partial charge in [-0.05, 0) is 37.1 Å². The number of amides is 1. The molecule has 4 rings (SSSR count). The fourth-order valence-corrected chi connectivity index (χ4v) is 3.98. The fraction of sp³-hybridized carbons (Fsp3) is 0.143. The van der Waals surface area contributed by atoms with Gasteiger partial charge in [0.15, 0.2) is 0 Å².